The van der Waals surface area contributed by atoms with E-state index in [1.165, 1.54) is 27.2 Å². The van der Waals surface area contributed by atoms with Crippen LogP contribution in [0.2, 0.25) is 0 Å². The summed E-state index contributed by atoms with van der Waals surface area (Å²) in [6.07, 6.45) is 4.76. The highest BCUT2D eigenvalue weighted by atomic mass is 32.2. The van der Waals surface area contributed by atoms with E-state index in [2.05, 4.69) is 0 Å². The van der Waals surface area contributed by atoms with Crippen molar-refractivity contribution in [3.05, 3.63) is 28.7 Å². The molecule has 0 aliphatic carbocycles. The lowest BCUT2D eigenvalue weighted by atomic mass is 9.98. The number of carbonyl (C=O) groups is 1. The van der Waals surface area contributed by atoms with Crippen LogP contribution in [-0.2, 0) is 26.2 Å². The van der Waals surface area contributed by atoms with Crippen LogP contribution in [0.25, 0.3) is 0 Å². The highest BCUT2D eigenvalue weighted by Gasteiger charge is 2.29. The van der Waals surface area contributed by atoms with Gasteiger partial charge in [0.1, 0.15) is 0 Å². The van der Waals surface area contributed by atoms with Crippen LogP contribution < -0.4 is 5.56 Å². The Morgan fingerprint density at radius 3 is 2.63 bits per heavy atom. The third kappa shape index (κ3) is 4.59. The van der Waals surface area contributed by atoms with Gasteiger partial charge in [0, 0.05) is 31.9 Å². The molecule has 0 aromatic carbocycles. The van der Waals surface area contributed by atoms with Crippen molar-refractivity contribution in [2.45, 2.75) is 44.2 Å². The highest BCUT2D eigenvalue weighted by molar-refractivity contribution is 7.89. The summed E-state index contributed by atoms with van der Waals surface area (Å²) in [4.78, 5) is 26.4. The quantitative estimate of drug-likeness (QED) is 0.662. The molecule has 0 bridgehead atoms. The Labute approximate surface area is 159 Å². The lowest BCUT2D eigenvalue weighted by molar-refractivity contribution is -0.150. The van der Waals surface area contributed by atoms with Crippen molar-refractivity contribution in [2.75, 3.05) is 32.8 Å². The summed E-state index contributed by atoms with van der Waals surface area (Å²) in [6, 6.07) is 2.68. The molecule has 0 radical (unpaired) electrons. The molecule has 0 amide bonds. The van der Waals surface area contributed by atoms with Gasteiger partial charge in [-0.2, -0.15) is 4.31 Å². The fourth-order valence-electron chi connectivity index (χ4n) is 3.70. The topological polar surface area (TPSA) is 88.9 Å². The average Bonchev–Trinajstić information content (AvgIpc) is 3.19. The fourth-order valence-corrected chi connectivity index (χ4v) is 5.24. The molecule has 1 aromatic rings. The molecule has 2 saturated heterocycles. The van der Waals surface area contributed by atoms with Gasteiger partial charge in [0.05, 0.1) is 24.1 Å². The molecule has 1 atom stereocenters. The van der Waals surface area contributed by atoms with Crippen LogP contribution in [0.15, 0.2) is 28.0 Å². The summed E-state index contributed by atoms with van der Waals surface area (Å²) < 4.78 is 33.5. The molecule has 2 fully saturated rings. The van der Waals surface area contributed by atoms with Gasteiger partial charge in [-0.3, -0.25) is 14.5 Å². The highest BCUT2D eigenvalue weighted by Crippen LogP contribution is 2.21. The molecule has 0 unspecified atom stereocenters. The third-order valence-corrected chi connectivity index (χ3v) is 7.02. The van der Waals surface area contributed by atoms with Crippen molar-refractivity contribution in [3.63, 3.8) is 0 Å². The number of hydrogen-bond acceptors (Lipinski definition) is 6. The number of esters is 1. The van der Waals surface area contributed by atoms with Crippen LogP contribution in [0.4, 0.5) is 0 Å². The van der Waals surface area contributed by atoms with Crippen LogP contribution in [0.5, 0.6) is 0 Å². The van der Waals surface area contributed by atoms with E-state index in [1.54, 1.807) is 6.92 Å². The number of nitrogens with zero attached hydrogens (tertiary/aromatic N) is 3. The monoisotopic (exact) mass is 397 g/mol. The second-order valence-electron chi connectivity index (χ2n) is 7.09. The molecule has 3 rings (SSSR count). The largest absolute Gasteiger partial charge is 0.466 e. The molecule has 0 spiro atoms. The van der Waals surface area contributed by atoms with E-state index < -0.39 is 10.0 Å². The molecule has 2 aliphatic rings. The lowest BCUT2D eigenvalue weighted by Gasteiger charge is -2.31. The van der Waals surface area contributed by atoms with Crippen LogP contribution in [0.3, 0.4) is 0 Å². The first-order chi connectivity index (χ1) is 12.9. The molecule has 9 heteroatoms. The van der Waals surface area contributed by atoms with Crippen LogP contribution in [-0.4, -0.2) is 60.9 Å². The zero-order valence-electron chi connectivity index (χ0n) is 15.7. The van der Waals surface area contributed by atoms with Crippen molar-refractivity contribution in [2.24, 2.45) is 5.92 Å². The number of carbonyl (C=O) groups excluding carboxylic acids is 1. The van der Waals surface area contributed by atoms with Crippen LogP contribution in [0, 0.1) is 5.92 Å². The number of piperidine rings is 1. The predicted octanol–water partition coefficient (Wildman–Crippen LogP) is 0.865. The first-order valence-corrected chi connectivity index (χ1v) is 11.0. The Balaban J connectivity index is 1.75. The maximum Gasteiger partial charge on any atom is 0.310 e. The summed E-state index contributed by atoms with van der Waals surface area (Å²) in [5, 5.41) is 0. The minimum absolute atomic E-state index is 0.142. The second kappa shape index (κ2) is 8.53. The SMILES string of the molecule is CCOC(=O)[C@@H]1CCCN(Cn2cc(S(=O)(=O)N3CCCC3)ccc2=O)C1. The Kier molecular flexibility index (Phi) is 6.33. The normalized spacial score (nSPS) is 22.0. The van der Waals surface area contributed by atoms with Crippen molar-refractivity contribution in [1.29, 1.82) is 0 Å². The van der Waals surface area contributed by atoms with Gasteiger partial charge in [-0.25, -0.2) is 8.42 Å². The molecule has 0 saturated carbocycles. The molecule has 8 nitrogen and oxygen atoms in total. The molecule has 2 aliphatic heterocycles. The van der Waals surface area contributed by atoms with Crippen molar-refractivity contribution in [1.82, 2.24) is 13.8 Å². The predicted molar refractivity (Wildman–Crippen MR) is 99.6 cm³/mol. The van der Waals surface area contributed by atoms with Crippen LogP contribution >= 0.6 is 0 Å². The third-order valence-electron chi connectivity index (χ3n) is 5.14. The first-order valence-electron chi connectivity index (χ1n) is 9.51. The van der Waals surface area contributed by atoms with Gasteiger partial charge in [0.2, 0.25) is 10.0 Å². The summed E-state index contributed by atoms with van der Waals surface area (Å²) in [5.74, 6) is -0.411. The smallest absolute Gasteiger partial charge is 0.310 e. The van der Waals surface area contributed by atoms with Crippen LogP contribution in [0.1, 0.15) is 32.6 Å². The van der Waals surface area contributed by atoms with Gasteiger partial charge >= 0.3 is 5.97 Å². The number of rotatable bonds is 6. The van der Waals surface area contributed by atoms with E-state index in [4.69, 9.17) is 4.74 Å². The van der Waals surface area contributed by atoms with Gasteiger partial charge in [-0.05, 0) is 45.2 Å². The minimum Gasteiger partial charge on any atom is -0.466 e. The van der Waals surface area contributed by atoms with E-state index in [0.29, 0.717) is 26.2 Å². The molecule has 1 aromatic heterocycles. The molecular weight excluding hydrogens is 370 g/mol. The number of aromatic nitrogens is 1. The molecular formula is C18H27N3O5S. The number of ether oxygens (including phenoxy) is 1. The van der Waals surface area contributed by atoms with Gasteiger partial charge < -0.3 is 9.30 Å². The van der Waals surface area contributed by atoms with Gasteiger partial charge in [-0.1, -0.05) is 0 Å². The Hall–Kier alpha value is -1.71. The number of pyridine rings is 1. The van der Waals surface area contributed by atoms with E-state index >= 15 is 0 Å². The Morgan fingerprint density at radius 2 is 1.93 bits per heavy atom. The zero-order valence-corrected chi connectivity index (χ0v) is 16.5. The zero-order chi connectivity index (χ0) is 19.4. The van der Waals surface area contributed by atoms with Gasteiger partial charge in [-0.15, -0.1) is 0 Å². The van der Waals surface area contributed by atoms with E-state index in [1.807, 2.05) is 4.90 Å². The van der Waals surface area contributed by atoms with E-state index in [9.17, 15) is 18.0 Å². The second-order valence-corrected chi connectivity index (χ2v) is 9.03. The lowest BCUT2D eigenvalue weighted by Crippen LogP contribution is -2.42. The number of sulfonamides is 1. The molecule has 27 heavy (non-hydrogen) atoms. The number of likely N-dealkylation sites (tertiary alicyclic amines) is 1. The maximum absolute atomic E-state index is 12.7. The Morgan fingerprint density at radius 1 is 1.19 bits per heavy atom. The summed E-state index contributed by atoms with van der Waals surface area (Å²) in [5.41, 5.74) is -0.256. The molecule has 3 heterocycles. The van der Waals surface area contributed by atoms with Crippen molar-refractivity contribution < 1.29 is 17.9 Å². The summed E-state index contributed by atoms with van der Waals surface area (Å²) in [6.45, 7) is 4.71. The van der Waals surface area contributed by atoms with Gasteiger partial charge in [0.15, 0.2) is 0 Å². The average molecular weight is 397 g/mol. The van der Waals surface area contributed by atoms with Crippen molar-refractivity contribution >= 4 is 16.0 Å². The summed E-state index contributed by atoms with van der Waals surface area (Å²) in [7, 11) is -3.57. The number of hydrogen-bond donors (Lipinski definition) is 0. The first kappa shape index (κ1) is 20.0. The minimum atomic E-state index is -3.57. The fraction of sp³-hybridized carbons (Fsp3) is 0.667. The maximum atomic E-state index is 12.7. The standard InChI is InChI=1S/C18H27N3O5S/c1-2-26-18(23)15-6-5-9-19(12-15)14-20-13-16(7-8-17(20)22)27(24,25)21-10-3-4-11-21/h7-8,13,15H,2-6,9-12,14H2,1H3/t15-/m1/s1. The molecule has 150 valence electrons. The summed E-state index contributed by atoms with van der Waals surface area (Å²) >= 11 is 0. The van der Waals surface area contributed by atoms with Gasteiger partial charge in [0.25, 0.3) is 5.56 Å². The van der Waals surface area contributed by atoms with Crippen molar-refractivity contribution in [3.8, 4) is 0 Å². The van der Waals surface area contributed by atoms with E-state index in [-0.39, 0.29) is 29.0 Å². The Bertz CT molecular complexity index is 830. The van der Waals surface area contributed by atoms with E-state index in [0.717, 1.165) is 32.2 Å². The molecule has 0 N–H and O–H groups in total.